The Hall–Kier alpha value is 1.56. The summed E-state index contributed by atoms with van der Waals surface area (Å²) >= 11 is 8.25. The minimum atomic E-state index is -0.161. The van der Waals surface area contributed by atoms with E-state index in [0.717, 1.165) is 11.6 Å². The van der Waals surface area contributed by atoms with Gasteiger partial charge in [0.15, 0.2) is 0 Å². The van der Waals surface area contributed by atoms with Crippen LogP contribution in [-0.2, 0) is 0 Å². The number of allylic oxidation sites excluding steroid dienone is 2. The molecule has 0 amide bonds. The van der Waals surface area contributed by atoms with Crippen molar-refractivity contribution in [1.82, 2.24) is 0 Å². The Morgan fingerprint density at radius 2 is 1.67 bits per heavy atom. The SMILES string of the molecule is CC(C)(C)[C@@H]1[C@@H]2C=C[C@](C(C)(C)C)([P@]1Br)[P@@](Br)C2. The summed E-state index contributed by atoms with van der Waals surface area (Å²) in [6, 6.07) is 0. The Bertz CT molecular complexity index is 367. The number of halogens is 2. The quantitative estimate of drug-likeness (QED) is 0.298. The summed E-state index contributed by atoms with van der Waals surface area (Å²) in [6.45, 7) is 14.2. The van der Waals surface area contributed by atoms with Gasteiger partial charge in [-0.3, -0.25) is 0 Å². The molecule has 104 valence electrons. The van der Waals surface area contributed by atoms with Crippen LogP contribution in [0.5, 0.6) is 0 Å². The number of rotatable bonds is 0. The molecule has 0 saturated carbocycles. The molecule has 0 spiro atoms. The van der Waals surface area contributed by atoms with Crippen molar-refractivity contribution in [3.05, 3.63) is 12.2 Å². The first-order valence-corrected chi connectivity index (χ1v) is 13.6. The lowest BCUT2D eigenvalue weighted by Crippen LogP contribution is -2.50. The normalized spacial score (nSPS) is 44.4. The Morgan fingerprint density at radius 1 is 1.11 bits per heavy atom. The van der Waals surface area contributed by atoms with E-state index in [1.54, 1.807) is 0 Å². The molecular weight excluding hydrogens is 390 g/mol. The molecule has 0 aromatic carbocycles. The van der Waals surface area contributed by atoms with Gasteiger partial charge in [0.2, 0.25) is 0 Å². The van der Waals surface area contributed by atoms with Gasteiger partial charge in [-0.05, 0) is 36.2 Å². The second kappa shape index (κ2) is 4.79. The van der Waals surface area contributed by atoms with Crippen molar-refractivity contribution in [2.24, 2.45) is 16.7 Å². The van der Waals surface area contributed by atoms with Crippen LogP contribution >= 0.6 is 44.2 Å². The van der Waals surface area contributed by atoms with Crippen molar-refractivity contribution < 1.29 is 0 Å². The molecule has 4 heteroatoms. The molecule has 0 aromatic rings. The Kier molecular flexibility index (Phi) is 4.24. The van der Waals surface area contributed by atoms with Gasteiger partial charge < -0.3 is 0 Å². The lowest BCUT2D eigenvalue weighted by molar-refractivity contribution is 0.320. The highest BCUT2D eigenvalue weighted by Gasteiger charge is 2.61. The largest absolute Gasteiger partial charge is 0.0830 e. The maximum Gasteiger partial charge on any atom is 0.0532 e. The fourth-order valence-electron chi connectivity index (χ4n) is 3.40. The lowest BCUT2D eigenvalue weighted by atomic mass is 9.82. The molecule has 3 rings (SSSR count). The van der Waals surface area contributed by atoms with Gasteiger partial charge in [-0.25, -0.2) is 0 Å². The zero-order chi connectivity index (χ0) is 13.9. The monoisotopic (exact) mass is 412 g/mol. The predicted octanol–water partition coefficient (Wildman–Crippen LogP) is 6.93. The van der Waals surface area contributed by atoms with Crippen LogP contribution in [-0.4, -0.2) is 16.7 Å². The average molecular weight is 414 g/mol. The lowest BCUT2D eigenvalue weighted by Gasteiger charge is -2.61. The first-order valence-electron chi connectivity index (χ1n) is 6.60. The first-order chi connectivity index (χ1) is 8.02. The fraction of sp³-hybridized carbons (Fsp3) is 0.857. The highest BCUT2D eigenvalue weighted by atomic mass is 79.9. The van der Waals surface area contributed by atoms with Crippen molar-refractivity contribution in [3.8, 4) is 0 Å². The molecule has 0 radical (unpaired) electrons. The van der Waals surface area contributed by atoms with Gasteiger partial charge in [0.1, 0.15) is 0 Å². The van der Waals surface area contributed by atoms with Gasteiger partial charge in [-0.1, -0.05) is 84.7 Å². The second-order valence-electron chi connectivity index (χ2n) is 7.67. The molecule has 0 N–H and O–H groups in total. The van der Waals surface area contributed by atoms with Crippen molar-refractivity contribution in [3.63, 3.8) is 0 Å². The molecule has 3 heterocycles. The molecule has 2 bridgehead atoms. The summed E-state index contributed by atoms with van der Waals surface area (Å²) in [5.41, 5.74) is 1.51. The molecule has 0 aromatic heterocycles. The van der Waals surface area contributed by atoms with E-state index in [1.165, 1.54) is 6.16 Å². The van der Waals surface area contributed by atoms with Crippen LogP contribution in [0.3, 0.4) is 0 Å². The minimum Gasteiger partial charge on any atom is -0.0830 e. The van der Waals surface area contributed by atoms with E-state index < -0.39 is 0 Å². The number of hydrogen-bond donors (Lipinski definition) is 0. The van der Waals surface area contributed by atoms with E-state index in [4.69, 9.17) is 0 Å². The van der Waals surface area contributed by atoms with Gasteiger partial charge in [0.05, 0.1) is 4.90 Å². The van der Waals surface area contributed by atoms with Crippen LogP contribution < -0.4 is 0 Å². The van der Waals surface area contributed by atoms with E-state index in [-0.39, 0.29) is 13.2 Å². The summed E-state index contributed by atoms with van der Waals surface area (Å²) in [4.78, 5) is 0.352. The molecule has 3 aliphatic heterocycles. The van der Waals surface area contributed by atoms with Crippen LogP contribution in [0.2, 0.25) is 0 Å². The molecular formula is C14H24Br2P2. The molecule has 0 nitrogen and oxygen atoms in total. The molecule has 18 heavy (non-hydrogen) atoms. The van der Waals surface area contributed by atoms with Crippen LogP contribution in [0.1, 0.15) is 41.5 Å². The van der Waals surface area contributed by atoms with Crippen molar-refractivity contribution >= 4 is 44.2 Å². The number of fused-ring (bicyclic) bond motifs is 2. The predicted molar refractivity (Wildman–Crippen MR) is 94.6 cm³/mol. The average Bonchev–Trinajstić information content (AvgIpc) is 2.13. The zero-order valence-corrected chi connectivity index (χ0v) is 17.1. The van der Waals surface area contributed by atoms with E-state index in [1.807, 2.05) is 0 Å². The summed E-state index contributed by atoms with van der Waals surface area (Å²) in [6.07, 6.45) is 6.45. The van der Waals surface area contributed by atoms with Gasteiger partial charge in [0.25, 0.3) is 0 Å². The Labute approximate surface area is 131 Å². The second-order valence-corrected chi connectivity index (χ2v) is 16.6. The summed E-state index contributed by atoms with van der Waals surface area (Å²) in [5, 5.41) is 0. The maximum absolute atomic E-state index is 4.18. The third kappa shape index (κ3) is 2.22. The highest BCUT2D eigenvalue weighted by Crippen LogP contribution is 2.87. The zero-order valence-electron chi connectivity index (χ0n) is 12.2. The van der Waals surface area contributed by atoms with Gasteiger partial charge in [-0.2, -0.15) is 0 Å². The van der Waals surface area contributed by atoms with Crippen LogP contribution in [0.4, 0.5) is 0 Å². The minimum absolute atomic E-state index is 0.0832. The molecule has 0 unspecified atom stereocenters. The molecule has 3 aliphatic rings. The molecule has 1 saturated heterocycles. The van der Waals surface area contributed by atoms with E-state index in [2.05, 4.69) is 84.7 Å². The first kappa shape index (κ1) is 15.9. The van der Waals surface area contributed by atoms with Crippen molar-refractivity contribution in [2.75, 3.05) is 6.16 Å². The van der Waals surface area contributed by atoms with Gasteiger partial charge in [-0.15, -0.1) is 0 Å². The maximum atomic E-state index is 4.18. The highest BCUT2D eigenvalue weighted by molar-refractivity contribution is 9.42. The van der Waals surface area contributed by atoms with Crippen molar-refractivity contribution in [2.45, 2.75) is 52.1 Å². The molecule has 0 aliphatic carbocycles. The third-order valence-corrected chi connectivity index (χ3v) is 18.3. The van der Waals surface area contributed by atoms with E-state index in [0.29, 0.717) is 15.7 Å². The number of hydrogen-bond acceptors (Lipinski definition) is 0. The summed E-state index contributed by atoms with van der Waals surface area (Å²) in [7, 11) is 0. The smallest absolute Gasteiger partial charge is 0.0532 e. The third-order valence-electron chi connectivity index (χ3n) is 4.28. The summed E-state index contributed by atoms with van der Waals surface area (Å²) < 4.78 is 0. The van der Waals surface area contributed by atoms with Crippen molar-refractivity contribution in [1.29, 1.82) is 0 Å². The topological polar surface area (TPSA) is 0 Å². The van der Waals surface area contributed by atoms with Gasteiger partial charge in [0, 0.05) is 5.66 Å². The van der Waals surface area contributed by atoms with E-state index >= 15 is 0 Å². The summed E-state index contributed by atoms with van der Waals surface area (Å²) in [5.74, 6) is 0.769. The Morgan fingerprint density at radius 3 is 2.06 bits per heavy atom. The molecule has 1 fully saturated rings. The van der Waals surface area contributed by atoms with Gasteiger partial charge >= 0.3 is 0 Å². The molecule has 5 atom stereocenters. The standard InChI is InChI=1S/C14H24Br2P2/c1-12(2,3)11-10-7-8-14(18(11)16,13(4,5)6)17(15)9-10/h7-8,10-11H,9H2,1-6H3/t10-,11+,14-,17+,18-/m1/s1. The van der Waals surface area contributed by atoms with Crippen LogP contribution in [0.25, 0.3) is 0 Å². The fourth-order valence-corrected chi connectivity index (χ4v) is 22.3. The van der Waals surface area contributed by atoms with E-state index in [9.17, 15) is 0 Å². The van der Waals surface area contributed by atoms with Crippen LogP contribution in [0, 0.1) is 16.7 Å². The Balaban J connectivity index is 2.52. The van der Waals surface area contributed by atoms with Crippen LogP contribution in [0.15, 0.2) is 12.2 Å².